The number of nitrogens with one attached hydrogen (secondary N) is 1. The van der Waals surface area contributed by atoms with Crippen molar-refractivity contribution in [2.45, 2.75) is 26.3 Å². The van der Waals surface area contributed by atoms with E-state index >= 15 is 0 Å². The first-order valence-electron chi connectivity index (χ1n) is 6.69. The van der Waals surface area contributed by atoms with Crippen molar-refractivity contribution in [2.75, 3.05) is 25.6 Å². The van der Waals surface area contributed by atoms with E-state index in [9.17, 15) is 4.79 Å². The van der Waals surface area contributed by atoms with Crippen LogP contribution in [0.4, 0.5) is 5.69 Å². The van der Waals surface area contributed by atoms with Crippen molar-refractivity contribution in [2.24, 2.45) is 5.92 Å². The standard InChI is InChI=1S/C15H22N2O2/c1-10-5-6-14(19-4)13(7-10)17-11(2)12(9-16-3)8-15(17)18/h5-7,11-12,16H,8-9H2,1-4H3. The van der Waals surface area contributed by atoms with Crippen molar-refractivity contribution in [1.29, 1.82) is 0 Å². The van der Waals surface area contributed by atoms with Gasteiger partial charge in [0.2, 0.25) is 5.91 Å². The molecule has 1 aromatic rings. The molecule has 19 heavy (non-hydrogen) atoms. The highest BCUT2D eigenvalue weighted by molar-refractivity contribution is 5.98. The molecule has 4 heteroatoms. The van der Waals surface area contributed by atoms with Crippen LogP contribution in [0, 0.1) is 12.8 Å². The molecule has 1 aliphatic rings. The molecule has 0 bridgehead atoms. The number of hydrogen-bond donors (Lipinski definition) is 1. The minimum atomic E-state index is 0.177. The van der Waals surface area contributed by atoms with Gasteiger partial charge >= 0.3 is 0 Å². The number of hydrogen-bond acceptors (Lipinski definition) is 3. The lowest BCUT2D eigenvalue weighted by atomic mass is 10.0. The van der Waals surface area contributed by atoms with Crippen LogP contribution in [0.15, 0.2) is 18.2 Å². The van der Waals surface area contributed by atoms with E-state index in [0.29, 0.717) is 12.3 Å². The molecule has 2 unspecified atom stereocenters. The normalized spacial score (nSPS) is 22.9. The van der Waals surface area contributed by atoms with E-state index in [1.807, 2.05) is 37.1 Å². The topological polar surface area (TPSA) is 41.6 Å². The molecule has 1 saturated heterocycles. The highest BCUT2D eigenvalue weighted by atomic mass is 16.5. The second-order valence-corrected chi connectivity index (χ2v) is 5.20. The predicted octanol–water partition coefficient (Wildman–Crippen LogP) is 1.96. The molecule has 0 spiro atoms. The van der Waals surface area contributed by atoms with E-state index in [4.69, 9.17) is 4.74 Å². The van der Waals surface area contributed by atoms with Gasteiger partial charge in [-0.3, -0.25) is 4.79 Å². The zero-order valence-corrected chi connectivity index (χ0v) is 12.1. The first kappa shape index (κ1) is 13.9. The summed E-state index contributed by atoms with van der Waals surface area (Å²) in [4.78, 5) is 14.2. The maximum atomic E-state index is 12.3. The minimum Gasteiger partial charge on any atom is -0.495 e. The molecule has 1 N–H and O–H groups in total. The molecule has 2 atom stereocenters. The van der Waals surface area contributed by atoms with E-state index in [1.54, 1.807) is 7.11 Å². The Bertz CT molecular complexity index is 473. The molecule has 1 heterocycles. The van der Waals surface area contributed by atoms with Crippen LogP contribution in [-0.4, -0.2) is 32.7 Å². The fraction of sp³-hybridized carbons (Fsp3) is 0.533. The summed E-state index contributed by atoms with van der Waals surface area (Å²) in [6.07, 6.45) is 0.596. The van der Waals surface area contributed by atoms with Gasteiger partial charge in [-0.25, -0.2) is 0 Å². The molecule has 0 aromatic heterocycles. The maximum Gasteiger partial charge on any atom is 0.227 e. The van der Waals surface area contributed by atoms with Gasteiger partial charge in [-0.1, -0.05) is 6.07 Å². The molecular weight excluding hydrogens is 240 g/mol. The van der Waals surface area contributed by atoms with Crippen LogP contribution in [0.5, 0.6) is 5.75 Å². The fourth-order valence-electron chi connectivity index (χ4n) is 2.78. The van der Waals surface area contributed by atoms with Crippen molar-refractivity contribution in [3.05, 3.63) is 23.8 Å². The smallest absolute Gasteiger partial charge is 0.227 e. The Morgan fingerprint density at radius 3 is 2.84 bits per heavy atom. The molecule has 1 aromatic carbocycles. The molecule has 0 radical (unpaired) electrons. The maximum absolute atomic E-state index is 12.3. The monoisotopic (exact) mass is 262 g/mol. The third-order valence-corrected chi connectivity index (χ3v) is 3.86. The number of benzene rings is 1. The van der Waals surface area contributed by atoms with Gasteiger partial charge in [0, 0.05) is 24.9 Å². The summed E-state index contributed by atoms with van der Waals surface area (Å²) in [5.41, 5.74) is 2.02. The van der Waals surface area contributed by atoms with Crippen molar-refractivity contribution in [3.63, 3.8) is 0 Å². The van der Waals surface area contributed by atoms with Gasteiger partial charge < -0.3 is 15.0 Å². The number of anilines is 1. The van der Waals surface area contributed by atoms with E-state index in [0.717, 1.165) is 23.5 Å². The lowest BCUT2D eigenvalue weighted by Crippen LogP contribution is -2.35. The van der Waals surface area contributed by atoms with Crippen molar-refractivity contribution in [1.82, 2.24) is 5.32 Å². The molecule has 104 valence electrons. The second kappa shape index (κ2) is 5.61. The summed E-state index contributed by atoms with van der Waals surface area (Å²) in [5.74, 6) is 1.29. The third kappa shape index (κ3) is 2.59. The SMILES string of the molecule is CNCC1CC(=O)N(c2cc(C)ccc2OC)C1C. The van der Waals surface area contributed by atoms with Gasteiger partial charge in [-0.15, -0.1) is 0 Å². The van der Waals surface area contributed by atoms with Crippen LogP contribution in [0.1, 0.15) is 18.9 Å². The predicted molar refractivity (Wildman–Crippen MR) is 76.7 cm³/mol. The molecular formula is C15H22N2O2. The Labute approximate surface area is 114 Å². The zero-order chi connectivity index (χ0) is 14.0. The van der Waals surface area contributed by atoms with Gasteiger partial charge in [0.15, 0.2) is 0 Å². The summed E-state index contributed by atoms with van der Waals surface area (Å²) in [6, 6.07) is 6.14. The van der Waals surface area contributed by atoms with Gasteiger partial charge in [0.1, 0.15) is 5.75 Å². The Hall–Kier alpha value is -1.55. The van der Waals surface area contributed by atoms with Gasteiger partial charge in [-0.05, 0) is 38.6 Å². The number of nitrogens with zero attached hydrogens (tertiary/aromatic N) is 1. The second-order valence-electron chi connectivity index (χ2n) is 5.20. The highest BCUT2D eigenvalue weighted by Gasteiger charge is 2.38. The fourth-order valence-corrected chi connectivity index (χ4v) is 2.78. The Morgan fingerprint density at radius 2 is 2.21 bits per heavy atom. The van der Waals surface area contributed by atoms with Crippen molar-refractivity contribution in [3.8, 4) is 5.75 Å². The molecule has 0 saturated carbocycles. The van der Waals surface area contributed by atoms with E-state index < -0.39 is 0 Å². The Morgan fingerprint density at radius 1 is 1.47 bits per heavy atom. The number of amides is 1. The Balaban J connectivity index is 2.35. The summed E-state index contributed by atoms with van der Waals surface area (Å²) >= 11 is 0. The third-order valence-electron chi connectivity index (χ3n) is 3.86. The molecule has 1 aliphatic heterocycles. The van der Waals surface area contributed by atoms with Crippen molar-refractivity contribution < 1.29 is 9.53 Å². The van der Waals surface area contributed by atoms with Crippen LogP contribution in [0.2, 0.25) is 0 Å². The first-order valence-corrected chi connectivity index (χ1v) is 6.69. The summed E-state index contributed by atoms with van der Waals surface area (Å²) in [5, 5.41) is 3.16. The lowest BCUT2D eigenvalue weighted by Gasteiger charge is -2.26. The van der Waals surface area contributed by atoms with E-state index in [1.165, 1.54) is 0 Å². The molecule has 0 aliphatic carbocycles. The number of methoxy groups -OCH3 is 1. The summed E-state index contributed by atoms with van der Waals surface area (Å²) in [7, 11) is 3.57. The van der Waals surface area contributed by atoms with Gasteiger partial charge in [0.25, 0.3) is 0 Å². The molecule has 2 rings (SSSR count). The average Bonchev–Trinajstić information content (AvgIpc) is 2.65. The van der Waals surface area contributed by atoms with Gasteiger partial charge in [0.05, 0.1) is 12.8 Å². The Kier molecular flexibility index (Phi) is 4.10. The zero-order valence-electron chi connectivity index (χ0n) is 12.1. The summed E-state index contributed by atoms with van der Waals surface area (Å²) in [6.45, 7) is 4.99. The number of carbonyl (C=O) groups is 1. The first-order chi connectivity index (χ1) is 9.08. The van der Waals surface area contributed by atoms with Gasteiger partial charge in [-0.2, -0.15) is 0 Å². The van der Waals surface area contributed by atoms with Crippen LogP contribution >= 0.6 is 0 Å². The van der Waals surface area contributed by atoms with Crippen LogP contribution in [0.3, 0.4) is 0 Å². The van der Waals surface area contributed by atoms with E-state index in [-0.39, 0.29) is 11.9 Å². The number of ether oxygens (including phenoxy) is 1. The van der Waals surface area contributed by atoms with Crippen molar-refractivity contribution >= 4 is 11.6 Å². The average molecular weight is 262 g/mol. The van der Waals surface area contributed by atoms with Crippen LogP contribution in [-0.2, 0) is 4.79 Å². The molecule has 1 amide bonds. The highest BCUT2D eigenvalue weighted by Crippen LogP contribution is 2.37. The quantitative estimate of drug-likeness (QED) is 0.902. The van der Waals surface area contributed by atoms with E-state index in [2.05, 4.69) is 12.2 Å². The minimum absolute atomic E-state index is 0.177. The van der Waals surface area contributed by atoms with Crippen LogP contribution in [0.25, 0.3) is 0 Å². The number of carbonyl (C=O) groups excluding carboxylic acids is 1. The number of aryl methyl sites for hydroxylation is 1. The molecule has 4 nitrogen and oxygen atoms in total. The van der Waals surface area contributed by atoms with Crippen LogP contribution < -0.4 is 15.0 Å². The number of rotatable bonds is 4. The largest absolute Gasteiger partial charge is 0.495 e. The molecule has 1 fully saturated rings. The summed E-state index contributed by atoms with van der Waals surface area (Å²) < 4.78 is 5.40. The lowest BCUT2D eigenvalue weighted by molar-refractivity contribution is -0.117.